The number of fused-ring (bicyclic) bond motifs is 1. The molecule has 2 heterocycles. The molecular weight excluding hydrogens is 430 g/mol. The van der Waals surface area contributed by atoms with Gasteiger partial charge in [-0.05, 0) is 39.0 Å². The fraction of sp³-hybridized carbons (Fsp3) is 0.368. The molecule has 9 nitrogen and oxygen atoms in total. The van der Waals surface area contributed by atoms with Crippen LogP contribution in [0, 0.1) is 0 Å². The van der Waals surface area contributed by atoms with Crippen molar-refractivity contribution in [2.24, 2.45) is 0 Å². The van der Waals surface area contributed by atoms with Gasteiger partial charge >= 0.3 is 0 Å². The van der Waals surface area contributed by atoms with E-state index in [9.17, 15) is 14.7 Å². The van der Waals surface area contributed by atoms with E-state index in [1.807, 2.05) is 20.8 Å². The standard InChI is InChI=1S/C19H22ClN5O4S/c1-19(2,3)25-15-14(13(24-25)17(29)21-8-12(27)9-26)30-18(22-15)23-16(28)10-5-4-6-11(20)7-10/h4-7,12,26-27H,8-9H2,1-3H3,(H,21,29)(H,22,23,28)/t12-/m0/s1. The number of rotatable bonds is 6. The van der Waals surface area contributed by atoms with Gasteiger partial charge in [0.25, 0.3) is 11.8 Å². The summed E-state index contributed by atoms with van der Waals surface area (Å²) >= 11 is 7.07. The van der Waals surface area contributed by atoms with Gasteiger partial charge in [0.05, 0.1) is 18.2 Å². The summed E-state index contributed by atoms with van der Waals surface area (Å²) in [6, 6.07) is 6.53. The van der Waals surface area contributed by atoms with Gasteiger partial charge in [-0.1, -0.05) is 29.0 Å². The Morgan fingerprint density at radius 1 is 1.30 bits per heavy atom. The summed E-state index contributed by atoms with van der Waals surface area (Å²) in [6.45, 7) is 5.17. The van der Waals surface area contributed by atoms with E-state index in [2.05, 4.69) is 20.7 Å². The number of aromatic nitrogens is 3. The predicted molar refractivity (Wildman–Crippen MR) is 115 cm³/mol. The number of thiazole rings is 1. The number of nitrogens with one attached hydrogen (secondary N) is 2. The third-order valence-electron chi connectivity index (χ3n) is 4.09. The summed E-state index contributed by atoms with van der Waals surface area (Å²) in [5, 5.41) is 28.8. The summed E-state index contributed by atoms with van der Waals surface area (Å²) in [6.07, 6.45) is -1.07. The number of halogens is 1. The second kappa shape index (κ2) is 8.68. The molecule has 0 unspecified atom stereocenters. The van der Waals surface area contributed by atoms with Gasteiger partial charge in [-0.3, -0.25) is 14.9 Å². The Hall–Kier alpha value is -2.53. The Balaban J connectivity index is 1.94. The maximum Gasteiger partial charge on any atom is 0.273 e. The van der Waals surface area contributed by atoms with E-state index < -0.39 is 24.2 Å². The van der Waals surface area contributed by atoms with E-state index in [1.54, 1.807) is 28.9 Å². The Kier molecular flexibility index (Phi) is 6.41. The molecule has 160 valence electrons. The van der Waals surface area contributed by atoms with Crippen LogP contribution in [-0.4, -0.2) is 56.0 Å². The maximum atomic E-state index is 12.6. The smallest absolute Gasteiger partial charge is 0.273 e. The van der Waals surface area contributed by atoms with Crippen molar-refractivity contribution in [1.82, 2.24) is 20.1 Å². The van der Waals surface area contributed by atoms with Gasteiger partial charge in [-0.15, -0.1) is 0 Å². The first-order valence-corrected chi connectivity index (χ1v) is 10.3. The molecule has 2 aromatic heterocycles. The molecule has 0 aliphatic carbocycles. The fourth-order valence-electron chi connectivity index (χ4n) is 2.63. The summed E-state index contributed by atoms with van der Waals surface area (Å²) in [7, 11) is 0. The number of hydrogen-bond donors (Lipinski definition) is 4. The number of aliphatic hydroxyl groups is 2. The van der Waals surface area contributed by atoms with Crippen LogP contribution in [0.3, 0.4) is 0 Å². The molecule has 0 spiro atoms. The first-order valence-electron chi connectivity index (χ1n) is 9.14. The number of benzene rings is 1. The van der Waals surface area contributed by atoms with Gasteiger partial charge in [0.15, 0.2) is 16.5 Å². The van der Waals surface area contributed by atoms with Crippen LogP contribution in [0.5, 0.6) is 0 Å². The SMILES string of the molecule is CC(C)(C)n1nc(C(=O)NC[C@H](O)CO)c2sc(NC(=O)c3cccc(Cl)c3)nc21. The molecule has 0 bridgehead atoms. The highest BCUT2D eigenvalue weighted by Crippen LogP contribution is 2.32. The highest BCUT2D eigenvalue weighted by Gasteiger charge is 2.27. The molecule has 3 aromatic rings. The average Bonchev–Trinajstić information content (AvgIpc) is 3.23. The quantitative estimate of drug-likeness (QED) is 0.454. The zero-order valence-corrected chi connectivity index (χ0v) is 18.2. The Morgan fingerprint density at radius 2 is 2.03 bits per heavy atom. The Bertz CT molecular complexity index is 1090. The average molecular weight is 452 g/mol. The van der Waals surface area contributed by atoms with Gasteiger partial charge < -0.3 is 15.5 Å². The summed E-state index contributed by atoms with van der Waals surface area (Å²) < 4.78 is 2.12. The monoisotopic (exact) mass is 451 g/mol. The lowest BCUT2D eigenvalue weighted by molar-refractivity contribution is 0.0799. The first kappa shape index (κ1) is 22.2. The number of anilines is 1. The second-order valence-electron chi connectivity index (χ2n) is 7.61. The molecule has 3 rings (SSSR count). The van der Waals surface area contributed by atoms with Crippen molar-refractivity contribution in [3.63, 3.8) is 0 Å². The molecule has 1 atom stereocenters. The fourth-order valence-corrected chi connectivity index (χ4v) is 3.74. The second-order valence-corrected chi connectivity index (χ2v) is 9.05. The summed E-state index contributed by atoms with van der Waals surface area (Å²) in [5.74, 6) is -0.881. The normalized spacial score (nSPS) is 12.7. The van der Waals surface area contributed by atoms with Gasteiger partial charge in [0, 0.05) is 17.1 Å². The molecule has 4 N–H and O–H groups in total. The summed E-state index contributed by atoms with van der Waals surface area (Å²) in [5.41, 5.74) is 0.506. The summed E-state index contributed by atoms with van der Waals surface area (Å²) in [4.78, 5) is 29.6. The first-order chi connectivity index (χ1) is 14.1. The number of nitrogens with zero attached hydrogens (tertiary/aromatic N) is 3. The molecule has 0 fully saturated rings. The van der Waals surface area contributed by atoms with E-state index in [0.29, 0.717) is 26.1 Å². The Morgan fingerprint density at radius 3 is 2.67 bits per heavy atom. The van der Waals surface area contributed by atoms with Crippen LogP contribution >= 0.6 is 22.9 Å². The van der Waals surface area contributed by atoms with Crippen LogP contribution in [0.2, 0.25) is 5.02 Å². The molecule has 0 saturated heterocycles. The highest BCUT2D eigenvalue weighted by molar-refractivity contribution is 7.22. The van der Waals surface area contributed by atoms with Crippen molar-refractivity contribution in [2.75, 3.05) is 18.5 Å². The maximum absolute atomic E-state index is 12.6. The zero-order chi connectivity index (χ0) is 22.1. The van der Waals surface area contributed by atoms with Crippen molar-refractivity contribution in [3.05, 3.63) is 40.5 Å². The molecule has 0 radical (unpaired) electrons. The lowest BCUT2D eigenvalue weighted by Crippen LogP contribution is -2.34. The van der Waals surface area contributed by atoms with Crippen LogP contribution in [0.25, 0.3) is 10.3 Å². The molecule has 30 heavy (non-hydrogen) atoms. The third kappa shape index (κ3) is 4.78. The minimum atomic E-state index is -1.07. The van der Waals surface area contributed by atoms with Crippen LogP contribution < -0.4 is 10.6 Å². The number of carbonyl (C=O) groups excluding carboxylic acids is 2. The number of carbonyl (C=O) groups is 2. The van der Waals surface area contributed by atoms with Crippen molar-refractivity contribution in [3.8, 4) is 0 Å². The van der Waals surface area contributed by atoms with E-state index in [-0.39, 0.29) is 18.1 Å². The lowest BCUT2D eigenvalue weighted by atomic mass is 10.1. The van der Waals surface area contributed by atoms with Gasteiger partial charge in [0.1, 0.15) is 4.70 Å². The van der Waals surface area contributed by atoms with Crippen LogP contribution in [0.1, 0.15) is 41.6 Å². The number of hydrogen-bond acceptors (Lipinski definition) is 7. The minimum absolute atomic E-state index is 0.115. The number of amides is 2. The molecular formula is C19H22ClN5O4S. The van der Waals surface area contributed by atoms with E-state index in [4.69, 9.17) is 16.7 Å². The van der Waals surface area contributed by atoms with E-state index >= 15 is 0 Å². The van der Waals surface area contributed by atoms with E-state index in [1.165, 1.54) is 0 Å². The van der Waals surface area contributed by atoms with Crippen LogP contribution in [0.15, 0.2) is 24.3 Å². The van der Waals surface area contributed by atoms with Gasteiger partial charge in [0.2, 0.25) is 0 Å². The molecule has 2 amide bonds. The van der Waals surface area contributed by atoms with Crippen LogP contribution in [0.4, 0.5) is 5.13 Å². The number of aliphatic hydroxyl groups excluding tert-OH is 2. The van der Waals surface area contributed by atoms with E-state index in [0.717, 1.165) is 11.3 Å². The van der Waals surface area contributed by atoms with Crippen molar-refractivity contribution in [1.29, 1.82) is 0 Å². The van der Waals surface area contributed by atoms with Crippen LogP contribution in [-0.2, 0) is 5.54 Å². The predicted octanol–water partition coefficient (Wildman–Crippen LogP) is 2.24. The molecule has 0 saturated carbocycles. The zero-order valence-electron chi connectivity index (χ0n) is 16.6. The largest absolute Gasteiger partial charge is 0.394 e. The lowest BCUT2D eigenvalue weighted by Gasteiger charge is -2.19. The van der Waals surface area contributed by atoms with Gasteiger partial charge in [-0.2, -0.15) is 10.1 Å². The molecule has 11 heteroatoms. The third-order valence-corrected chi connectivity index (χ3v) is 5.29. The van der Waals surface area contributed by atoms with Crippen molar-refractivity contribution < 1.29 is 19.8 Å². The van der Waals surface area contributed by atoms with Gasteiger partial charge in [-0.25, -0.2) is 4.68 Å². The molecule has 1 aromatic carbocycles. The van der Waals surface area contributed by atoms with Crippen molar-refractivity contribution in [2.45, 2.75) is 32.4 Å². The van der Waals surface area contributed by atoms with Crippen molar-refractivity contribution >= 4 is 50.2 Å². The highest BCUT2D eigenvalue weighted by atomic mass is 35.5. The topological polar surface area (TPSA) is 129 Å². The Labute approximate surface area is 181 Å². The minimum Gasteiger partial charge on any atom is -0.394 e. The molecule has 0 aliphatic heterocycles. The molecule has 0 aliphatic rings.